The zero-order valence-corrected chi connectivity index (χ0v) is 19.1. The highest BCUT2D eigenvalue weighted by Crippen LogP contribution is 2.36. The summed E-state index contributed by atoms with van der Waals surface area (Å²) in [5, 5.41) is 21.1. The summed E-state index contributed by atoms with van der Waals surface area (Å²) < 4.78 is 1.82. The second-order valence-corrected chi connectivity index (χ2v) is 8.79. The molecule has 3 aromatic heterocycles. The third-order valence-corrected chi connectivity index (χ3v) is 6.62. The van der Waals surface area contributed by atoms with Gasteiger partial charge in [-0.15, -0.1) is 11.3 Å². The number of likely N-dealkylation sites (tertiary alicyclic amines) is 1. The Labute approximate surface area is 194 Å². The van der Waals surface area contributed by atoms with E-state index in [9.17, 15) is 9.90 Å². The van der Waals surface area contributed by atoms with Gasteiger partial charge in [-0.2, -0.15) is 5.10 Å². The number of nitrogens with one attached hydrogen (secondary N) is 1. The van der Waals surface area contributed by atoms with Crippen LogP contribution in [0.1, 0.15) is 18.9 Å². The van der Waals surface area contributed by atoms with Crippen molar-refractivity contribution in [2.45, 2.75) is 25.5 Å². The molecule has 1 fully saturated rings. The van der Waals surface area contributed by atoms with Gasteiger partial charge in [0.1, 0.15) is 10.7 Å². The largest absolute Gasteiger partial charge is 0.375 e. The number of amides is 1. The molecule has 0 aliphatic carbocycles. The lowest BCUT2D eigenvalue weighted by molar-refractivity contribution is -0.143. The molecule has 4 heterocycles. The van der Waals surface area contributed by atoms with Crippen LogP contribution in [0.2, 0.25) is 0 Å². The number of hydrogen-bond acceptors (Lipinski definition) is 8. The third kappa shape index (κ3) is 3.98. The fourth-order valence-electron chi connectivity index (χ4n) is 3.85. The number of benzene rings is 1. The van der Waals surface area contributed by atoms with Crippen molar-refractivity contribution in [1.82, 2.24) is 29.6 Å². The number of carbonyl (C=O) groups excluding carboxylic acids is 1. The van der Waals surface area contributed by atoms with Gasteiger partial charge in [0.05, 0.1) is 17.6 Å². The van der Waals surface area contributed by atoms with Gasteiger partial charge in [0.25, 0.3) is 5.91 Å². The van der Waals surface area contributed by atoms with Crippen molar-refractivity contribution in [3.05, 3.63) is 59.9 Å². The summed E-state index contributed by atoms with van der Waals surface area (Å²) in [7, 11) is 1.71. The molecule has 1 aliphatic heterocycles. The van der Waals surface area contributed by atoms with Crippen molar-refractivity contribution in [2.24, 2.45) is 0 Å². The van der Waals surface area contributed by atoms with E-state index in [0.717, 1.165) is 28.5 Å². The number of nitrogens with zero attached hydrogens (tertiary/aromatic N) is 6. The molecule has 1 amide bonds. The second-order valence-electron chi connectivity index (χ2n) is 7.93. The van der Waals surface area contributed by atoms with Gasteiger partial charge in [0, 0.05) is 49.9 Å². The first-order valence-corrected chi connectivity index (χ1v) is 11.5. The molecule has 1 aromatic carbocycles. The molecule has 1 unspecified atom stereocenters. The molecule has 5 rings (SSSR count). The Morgan fingerprint density at radius 2 is 2.12 bits per heavy atom. The molecule has 2 N–H and O–H groups in total. The number of aromatic nitrogens is 5. The van der Waals surface area contributed by atoms with Crippen LogP contribution in [0, 0.1) is 0 Å². The van der Waals surface area contributed by atoms with Crippen LogP contribution in [-0.2, 0) is 16.9 Å². The molecular weight excluding hydrogens is 438 g/mol. The van der Waals surface area contributed by atoms with Gasteiger partial charge in [-0.25, -0.2) is 15.0 Å². The van der Waals surface area contributed by atoms with Crippen LogP contribution in [0.3, 0.4) is 0 Å². The number of thiazole rings is 1. The van der Waals surface area contributed by atoms with Crippen LogP contribution < -0.4 is 5.32 Å². The van der Waals surface area contributed by atoms with E-state index in [1.54, 1.807) is 30.4 Å². The number of anilines is 2. The Morgan fingerprint density at radius 1 is 1.24 bits per heavy atom. The molecule has 0 spiro atoms. The predicted molar refractivity (Wildman–Crippen MR) is 126 cm³/mol. The topological polar surface area (TPSA) is 109 Å². The van der Waals surface area contributed by atoms with Gasteiger partial charge < -0.3 is 15.3 Å². The molecule has 1 aliphatic rings. The Morgan fingerprint density at radius 3 is 2.88 bits per heavy atom. The van der Waals surface area contributed by atoms with E-state index in [1.807, 2.05) is 47.4 Å². The summed E-state index contributed by atoms with van der Waals surface area (Å²) in [5.41, 5.74) is 2.19. The Kier molecular flexibility index (Phi) is 5.39. The lowest BCUT2D eigenvalue weighted by Gasteiger charge is -2.21. The summed E-state index contributed by atoms with van der Waals surface area (Å²) >= 11 is 1.48. The van der Waals surface area contributed by atoms with Crippen molar-refractivity contribution < 1.29 is 9.90 Å². The monoisotopic (exact) mass is 461 g/mol. The van der Waals surface area contributed by atoms with Crippen LogP contribution in [0.25, 0.3) is 22.0 Å². The average molecular weight is 462 g/mol. The van der Waals surface area contributed by atoms with Crippen molar-refractivity contribution in [2.75, 3.05) is 18.9 Å². The van der Waals surface area contributed by atoms with E-state index in [0.29, 0.717) is 30.2 Å². The quantitative estimate of drug-likeness (QED) is 0.453. The minimum Gasteiger partial charge on any atom is -0.375 e. The minimum absolute atomic E-state index is 0.273. The molecule has 0 saturated carbocycles. The average Bonchev–Trinajstić information content (AvgIpc) is 3.57. The number of hydrogen-bond donors (Lipinski definition) is 2. The molecule has 168 valence electrons. The summed E-state index contributed by atoms with van der Waals surface area (Å²) in [6, 6.07) is 9.22. The Hall–Kier alpha value is -3.63. The van der Waals surface area contributed by atoms with E-state index >= 15 is 0 Å². The normalized spacial score (nSPS) is 18.2. The zero-order valence-electron chi connectivity index (χ0n) is 18.3. The molecule has 9 nitrogen and oxygen atoms in total. The number of aliphatic hydroxyl groups is 1. The predicted octanol–water partition coefficient (Wildman–Crippen LogP) is 3.28. The van der Waals surface area contributed by atoms with E-state index in [2.05, 4.69) is 20.4 Å². The molecule has 1 atom stereocenters. The smallest absolute Gasteiger partial charge is 0.258 e. The number of carbonyl (C=O) groups is 1. The fraction of sp³-hybridized carbons (Fsp3) is 0.261. The van der Waals surface area contributed by atoms with Crippen molar-refractivity contribution in [1.29, 1.82) is 0 Å². The maximum atomic E-state index is 12.5. The Bertz CT molecular complexity index is 1320. The van der Waals surface area contributed by atoms with Crippen LogP contribution in [0.5, 0.6) is 0 Å². The van der Waals surface area contributed by atoms with Crippen molar-refractivity contribution >= 4 is 28.9 Å². The Balaban J connectivity index is 1.39. The SMILES string of the molecule is CCn1cc(Nc2nccc(-c3csc(-c4cccc(C5(O)CCN(C)C5=O)c4)n3)n2)cn1. The second kappa shape index (κ2) is 8.38. The first-order valence-electron chi connectivity index (χ1n) is 10.6. The van der Waals surface area contributed by atoms with Crippen LogP contribution in [0.4, 0.5) is 11.6 Å². The van der Waals surface area contributed by atoms with Gasteiger partial charge in [-0.3, -0.25) is 9.48 Å². The molecule has 4 aromatic rings. The lowest BCUT2D eigenvalue weighted by atomic mass is 9.91. The highest BCUT2D eigenvalue weighted by Gasteiger charge is 2.45. The summed E-state index contributed by atoms with van der Waals surface area (Å²) in [6.07, 6.45) is 5.69. The van der Waals surface area contributed by atoms with Crippen LogP contribution >= 0.6 is 11.3 Å². The zero-order chi connectivity index (χ0) is 23.0. The number of aryl methyl sites for hydroxylation is 1. The summed E-state index contributed by atoms with van der Waals surface area (Å²) in [4.78, 5) is 27.7. The molecule has 0 bridgehead atoms. The standard InChI is InChI=1S/C23H23N7O2S/c1-3-30-13-17(12-25-30)26-22-24-9-7-18(28-22)19-14-33-20(27-19)15-5-4-6-16(11-15)23(32)8-10-29(2)21(23)31/h4-7,9,11-14,32H,3,8,10H2,1-2H3,(H,24,26,28). The van der Waals surface area contributed by atoms with Gasteiger partial charge in [0.15, 0.2) is 5.60 Å². The van der Waals surface area contributed by atoms with Crippen molar-refractivity contribution in [3.8, 4) is 22.0 Å². The van der Waals surface area contributed by atoms with Gasteiger partial charge in [-0.1, -0.05) is 18.2 Å². The molecule has 33 heavy (non-hydrogen) atoms. The molecule has 1 saturated heterocycles. The highest BCUT2D eigenvalue weighted by atomic mass is 32.1. The first kappa shape index (κ1) is 21.2. The maximum absolute atomic E-state index is 12.5. The van der Waals surface area contributed by atoms with E-state index < -0.39 is 5.60 Å². The first-order chi connectivity index (χ1) is 16.0. The summed E-state index contributed by atoms with van der Waals surface area (Å²) in [6.45, 7) is 3.34. The fourth-order valence-corrected chi connectivity index (χ4v) is 4.66. The van der Waals surface area contributed by atoms with Crippen molar-refractivity contribution in [3.63, 3.8) is 0 Å². The minimum atomic E-state index is -1.48. The highest BCUT2D eigenvalue weighted by molar-refractivity contribution is 7.13. The van der Waals surface area contributed by atoms with Gasteiger partial charge >= 0.3 is 0 Å². The van der Waals surface area contributed by atoms with E-state index in [-0.39, 0.29) is 5.91 Å². The van der Waals surface area contributed by atoms with E-state index in [1.165, 1.54) is 11.3 Å². The molecular formula is C23H23N7O2S. The summed E-state index contributed by atoms with van der Waals surface area (Å²) in [5.74, 6) is 0.191. The molecule has 10 heteroatoms. The number of rotatable bonds is 6. The maximum Gasteiger partial charge on any atom is 0.258 e. The lowest BCUT2D eigenvalue weighted by Crippen LogP contribution is -2.36. The van der Waals surface area contributed by atoms with Crippen LogP contribution in [-0.4, -0.2) is 54.2 Å². The van der Waals surface area contributed by atoms with E-state index in [4.69, 9.17) is 4.98 Å². The van der Waals surface area contributed by atoms with Gasteiger partial charge in [0.2, 0.25) is 5.95 Å². The van der Waals surface area contributed by atoms with Crippen LogP contribution in [0.15, 0.2) is 54.3 Å². The van der Waals surface area contributed by atoms with Gasteiger partial charge in [-0.05, 0) is 24.6 Å². The molecule has 0 radical (unpaired) electrons. The third-order valence-electron chi connectivity index (χ3n) is 5.73. The number of likely N-dealkylation sites (N-methyl/N-ethyl adjacent to an activating group) is 1.